The van der Waals surface area contributed by atoms with Crippen molar-refractivity contribution in [2.45, 2.75) is 13.2 Å². The SMILES string of the molecule is NCc1cccc(F)c1OCc1ccc(F)c(F)c1. The zero-order valence-electron chi connectivity index (χ0n) is 10.00. The summed E-state index contributed by atoms with van der Waals surface area (Å²) in [5.41, 5.74) is 6.40. The van der Waals surface area contributed by atoms with Crippen LogP contribution in [0.3, 0.4) is 0 Å². The normalized spacial score (nSPS) is 10.5. The minimum absolute atomic E-state index is 0.0368. The van der Waals surface area contributed by atoms with Gasteiger partial charge < -0.3 is 10.5 Å². The quantitative estimate of drug-likeness (QED) is 0.923. The summed E-state index contributed by atoms with van der Waals surface area (Å²) in [5, 5.41) is 0. The van der Waals surface area contributed by atoms with Gasteiger partial charge in [0.15, 0.2) is 23.2 Å². The van der Waals surface area contributed by atoms with E-state index in [1.54, 1.807) is 6.07 Å². The summed E-state index contributed by atoms with van der Waals surface area (Å²) in [4.78, 5) is 0. The molecule has 0 aliphatic rings. The van der Waals surface area contributed by atoms with Crippen LogP contribution in [-0.2, 0) is 13.2 Å². The second-order valence-electron chi connectivity index (χ2n) is 3.97. The highest BCUT2D eigenvalue weighted by Crippen LogP contribution is 2.23. The Hall–Kier alpha value is -2.01. The van der Waals surface area contributed by atoms with E-state index < -0.39 is 17.5 Å². The molecule has 0 saturated heterocycles. The third-order valence-corrected chi connectivity index (χ3v) is 2.64. The zero-order valence-corrected chi connectivity index (χ0v) is 10.00. The van der Waals surface area contributed by atoms with Crippen LogP contribution in [-0.4, -0.2) is 0 Å². The fourth-order valence-corrected chi connectivity index (χ4v) is 1.66. The molecule has 2 aromatic carbocycles. The van der Waals surface area contributed by atoms with Crippen molar-refractivity contribution >= 4 is 0 Å². The first-order chi connectivity index (χ1) is 9.11. The number of para-hydroxylation sites is 1. The smallest absolute Gasteiger partial charge is 0.165 e. The van der Waals surface area contributed by atoms with Crippen LogP contribution in [0.25, 0.3) is 0 Å². The largest absolute Gasteiger partial charge is 0.485 e. The average Bonchev–Trinajstić information content (AvgIpc) is 2.41. The molecule has 5 heteroatoms. The Kier molecular flexibility index (Phi) is 4.06. The molecule has 0 unspecified atom stereocenters. The number of ether oxygens (including phenoxy) is 1. The van der Waals surface area contributed by atoms with Gasteiger partial charge in [-0.15, -0.1) is 0 Å². The number of hydrogen-bond donors (Lipinski definition) is 1. The minimum Gasteiger partial charge on any atom is -0.485 e. The highest BCUT2D eigenvalue weighted by atomic mass is 19.2. The molecule has 0 radical (unpaired) electrons. The van der Waals surface area contributed by atoms with Gasteiger partial charge in [-0.2, -0.15) is 0 Å². The van der Waals surface area contributed by atoms with Crippen molar-refractivity contribution in [3.8, 4) is 5.75 Å². The summed E-state index contributed by atoms with van der Waals surface area (Å²) in [6.45, 7) is 0.0655. The average molecular weight is 267 g/mol. The van der Waals surface area contributed by atoms with Gasteiger partial charge in [-0.05, 0) is 23.8 Å². The van der Waals surface area contributed by atoms with Crippen LogP contribution < -0.4 is 10.5 Å². The van der Waals surface area contributed by atoms with E-state index in [0.717, 1.165) is 12.1 Å². The Morgan fingerprint density at radius 3 is 2.42 bits per heavy atom. The second kappa shape index (κ2) is 5.75. The van der Waals surface area contributed by atoms with Gasteiger partial charge in [0.05, 0.1) is 0 Å². The lowest BCUT2D eigenvalue weighted by Gasteiger charge is -2.11. The Balaban J connectivity index is 2.16. The molecule has 0 bridgehead atoms. The first-order valence-electron chi connectivity index (χ1n) is 5.66. The van der Waals surface area contributed by atoms with E-state index in [2.05, 4.69) is 0 Å². The van der Waals surface area contributed by atoms with Gasteiger partial charge in [-0.3, -0.25) is 0 Å². The molecule has 0 atom stereocenters. The Morgan fingerprint density at radius 1 is 0.947 bits per heavy atom. The van der Waals surface area contributed by atoms with E-state index >= 15 is 0 Å². The number of benzene rings is 2. The lowest BCUT2D eigenvalue weighted by atomic mass is 10.2. The molecule has 0 aromatic heterocycles. The lowest BCUT2D eigenvalue weighted by molar-refractivity contribution is 0.286. The number of rotatable bonds is 4. The maximum Gasteiger partial charge on any atom is 0.165 e. The molecule has 0 heterocycles. The van der Waals surface area contributed by atoms with Crippen LogP contribution in [0.2, 0.25) is 0 Å². The predicted molar refractivity (Wildman–Crippen MR) is 65.0 cm³/mol. The molecule has 19 heavy (non-hydrogen) atoms. The summed E-state index contributed by atoms with van der Waals surface area (Å²) in [7, 11) is 0. The number of nitrogens with two attached hydrogens (primary N) is 1. The van der Waals surface area contributed by atoms with E-state index in [1.165, 1.54) is 18.2 Å². The summed E-state index contributed by atoms with van der Waals surface area (Å²) >= 11 is 0. The molecular formula is C14H12F3NO. The highest BCUT2D eigenvalue weighted by Gasteiger charge is 2.09. The first-order valence-corrected chi connectivity index (χ1v) is 5.66. The summed E-state index contributed by atoms with van der Waals surface area (Å²) in [6.07, 6.45) is 0. The van der Waals surface area contributed by atoms with Gasteiger partial charge in [-0.25, -0.2) is 13.2 Å². The topological polar surface area (TPSA) is 35.2 Å². The fourth-order valence-electron chi connectivity index (χ4n) is 1.66. The summed E-state index contributed by atoms with van der Waals surface area (Å²) in [5.74, 6) is -2.40. The Bertz CT molecular complexity index is 587. The molecule has 0 aliphatic heterocycles. The van der Waals surface area contributed by atoms with Crippen molar-refractivity contribution in [1.82, 2.24) is 0 Å². The second-order valence-corrected chi connectivity index (χ2v) is 3.97. The van der Waals surface area contributed by atoms with Crippen LogP contribution in [0.4, 0.5) is 13.2 Å². The van der Waals surface area contributed by atoms with Crippen LogP contribution >= 0.6 is 0 Å². The fraction of sp³-hybridized carbons (Fsp3) is 0.143. The van der Waals surface area contributed by atoms with E-state index in [1.807, 2.05) is 0 Å². The van der Waals surface area contributed by atoms with Gasteiger partial charge in [-0.1, -0.05) is 18.2 Å². The third-order valence-electron chi connectivity index (χ3n) is 2.64. The maximum atomic E-state index is 13.6. The molecule has 2 N–H and O–H groups in total. The van der Waals surface area contributed by atoms with Crippen molar-refractivity contribution < 1.29 is 17.9 Å². The molecule has 2 rings (SSSR count). The van der Waals surface area contributed by atoms with E-state index in [9.17, 15) is 13.2 Å². The monoisotopic (exact) mass is 267 g/mol. The molecular weight excluding hydrogens is 255 g/mol. The molecule has 0 spiro atoms. The van der Waals surface area contributed by atoms with E-state index in [0.29, 0.717) is 11.1 Å². The molecule has 0 aliphatic carbocycles. The molecule has 0 fully saturated rings. The molecule has 2 nitrogen and oxygen atoms in total. The van der Waals surface area contributed by atoms with Gasteiger partial charge >= 0.3 is 0 Å². The van der Waals surface area contributed by atoms with E-state index in [4.69, 9.17) is 10.5 Å². The third kappa shape index (κ3) is 3.06. The maximum absolute atomic E-state index is 13.6. The lowest BCUT2D eigenvalue weighted by Crippen LogP contribution is -2.05. The van der Waals surface area contributed by atoms with Gasteiger partial charge in [0.1, 0.15) is 6.61 Å². The van der Waals surface area contributed by atoms with Gasteiger partial charge in [0.25, 0.3) is 0 Å². The van der Waals surface area contributed by atoms with Crippen LogP contribution in [0.5, 0.6) is 5.75 Å². The number of hydrogen-bond acceptors (Lipinski definition) is 2. The van der Waals surface area contributed by atoms with E-state index in [-0.39, 0.29) is 18.9 Å². The molecule has 100 valence electrons. The predicted octanol–water partition coefficient (Wildman–Crippen LogP) is 3.14. The van der Waals surface area contributed by atoms with Gasteiger partial charge in [0.2, 0.25) is 0 Å². The Labute approximate surface area is 108 Å². The van der Waals surface area contributed by atoms with Crippen molar-refractivity contribution in [3.63, 3.8) is 0 Å². The van der Waals surface area contributed by atoms with Crippen molar-refractivity contribution in [2.24, 2.45) is 5.73 Å². The summed E-state index contributed by atoms with van der Waals surface area (Å²) < 4.78 is 44.6. The minimum atomic E-state index is -0.964. The first kappa shape index (κ1) is 13.4. The Morgan fingerprint density at radius 2 is 1.74 bits per heavy atom. The van der Waals surface area contributed by atoms with Crippen LogP contribution in [0.15, 0.2) is 36.4 Å². The van der Waals surface area contributed by atoms with Gasteiger partial charge in [0, 0.05) is 12.1 Å². The number of halogens is 3. The molecule has 2 aromatic rings. The summed E-state index contributed by atoms with van der Waals surface area (Å²) in [6, 6.07) is 7.81. The zero-order chi connectivity index (χ0) is 13.8. The van der Waals surface area contributed by atoms with Crippen molar-refractivity contribution in [3.05, 3.63) is 65.0 Å². The van der Waals surface area contributed by atoms with Crippen molar-refractivity contribution in [1.29, 1.82) is 0 Å². The standard InChI is InChI=1S/C14H12F3NO/c15-11-5-4-9(6-13(11)17)8-19-14-10(7-18)2-1-3-12(14)16/h1-6H,7-8,18H2. The molecule has 0 amide bonds. The van der Waals surface area contributed by atoms with Crippen LogP contribution in [0.1, 0.15) is 11.1 Å². The molecule has 0 saturated carbocycles. The van der Waals surface area contributed by atoms with Crippen LogP contribution in [0, 0.1) is 17.5 Å². The van der Waals surface area contributed by atoms with Crippen molar-refractivity contribution in [2.75, 3.05) is 0 Å². The highest BCUT2D eigenvalue weighted by molar-refractivity contribution is 5.35.